The van der Waals surface area contributed by atoms with Crippen LogP contribution in [0.5, 0.6) is 5.75 Å². The molecule has 2 aromatic carbocycles. The second kappa shape index (κ2) is 7.45. The lowest BCUT2D eigenvalue weighted by Crippen LogP contribution is -2.22. The predicted molar refractivity (Wildman–Crippen MR) is 85.7 cm³/mol. The van der Waals surface area contributed by atoms with Crippen molar-refractivity contribution in [2.24, 2.45) is 0 Å². The zero-order valence-corrected chi connectivity index (χ0v) is 12.6. The van der Waals surface area contributed by atoms with Gasteiger partial charge in [0.1, 0.15) is 11.6 Å². The Hall–Kier alpha value is -2.56. The molecule has 0 radical (unpaired) electrons. The van der Waals surface area contributed by atoms with Gasteiger partial charge in [0.05, 0.1) is 24.0 Å². The summed E-state index contributed by atoms with van der Waals surface area (Å²) in [5, 5.41) is 5.52. The van der Waals surface area contributed by atoms with Crippen LogP contribution in [0.2, 0.25) is 0 Å². The lowest BCUT2D eigenvalue weighted by atomic mass is 10.2. The van der Waals surface area contributed by atoms with E-state index in [1.807, 2.05) is 26.0 Å². The Balaban J connectivity index is 1.96. The van der Waals surface area contributed by atoms with E-state index in [1.54, 1.807) is 30.3 Å². The molecular formula is C17H19FN2O2. The second-order valence-corrected chi connectivity index (χ2v) is 5.04. The van der Waals surface area contributed by atoms with E-state index in [0.29, 0.717) is 17.1 Å². The van der Waals surface area contributed by atoms with Crippen molar-refractivity contribution in [2.45, 2.75) is 20.0 Å². The van der Waals surface area contributed by atoms with Gasteiger partial charge in [0, 0.05) is 0 Å². The summed E-state index contributed by atoms with van der Waals surface area (Å²) in [6.45, 7) is 3.80. The van der Waals surface area contributed by atoms with E-state index in [9.17, 15) is 9.18 Å². The van der Waals surface area contributed by atoms with Gasteiger partial charge in [-0.1, -0.05) is 24.3 Å². The zero-order valence-electron chi connectivity index (χ0n) is 12.6. The van der Waals surface area contributed by atoms with Gasteiger partial charge in [-0.2, -0.15) is 0 Å². The van der Waals surface area contributed by atoms with Crippen LogP contribution in [0.25, 0.3) is 0 Å². The predicted octanol–water partition coefficient (Wildman–Crippen LogP) is 3.66. The van der Waals surface area contributed by atoms with E-state index in [1.165, 1.54) is 6.07 Å². The number of para-hydroxylation sites is 3. The molecule has 0 aliphatic rings. The summed E-state index contributed by atoms with van der Waals surface area (Å²) in [5.74, 6) is -0.0568. The lowest BCUT2D eigenvalue weighted by molar-refractivity contribution is -0.114. The number of nitrogens with one attached hydrogen (secondary N) is 2. The molecule has 0 aliphatic heterocycles. The van der Waals surface area contributed by atoms with E-state index >= 15 is 0 Å². The summed E-state index contributed by atoms with van der Waals surface area (Å²) in [6, 6.07) is 13.4. The number of hydrogen-bond acceptors (Lipinski definition) is 3. The average Bonchev–Trinajstić information content (AvgIpc) is 2.48. The van der Waals surface area contributed by atoms with Gasteiger partial charge in [0.25, 0.3) is 0 Å². The van der Waals surface area contributed by atoms with Crippen molar-refractivity contribution in [1.82, 2.24) is 0 Å². The molecule has 4 nitrogen and oxygen atoms in total. The number of halogens is 1. The third-order valence-corrected chi connectivity index (χ3v) is 2.84. The Morgan fingerprint density at radius 3 is 2.41 bits per heavy atom. The molecule has 0 aliphatic carbocycles. The third kappa shape index (κ3) is 4.48. The van der Waals surface area contributed by atoms with Gasteiger partial charge in [-0.3, -0.25) is 4.79 Å². The molecule has 2 N–H and O–H groups in total. The number of rotatable bonds is 6. The largest absolute Gasteiger partial charge is 0.489 e. The van der Waals surface area contributed by atoms with Crippen molar-refractivity contribution in [2.75, 3.05) is 17.2 Å². The maximum absolute atomic E-state index is 13.5. The molecule has 0 bridgehead atoms. The number of carbonyl (C=O) groups excluding carboxylic acids is 1. The first kappa shape index (κ1) is 15.8. The number of carbonyl (C=O) groups is 1. The highest BCUT2D eigenvalue weighted by Gasteiger charge is 2.09. The Morgan fingerprint density at radius 1 is 1.09 bits per heavy atom. The molecule has 0 unspecified atom stereocenters. The normalized spacial score (nSPS) is 10.4. The highest BCUT2D eigenvalue weighted by Crippen LogP contribution is 2.24. The molecular weight excluding hydrogens is 283 g/mol. The summed E-state index contributed by atoms with van der Waals surface area (Å²) in [5.41, 5.74) is 0.890. The van der Waals surface area contributed by atoms with E-state index < -0.39 is 0 Å². The highest BCUT2D eigenvalue weighted by molar-refractivity contribution is 5.95. The lowest BCUT2D eigenvalue weighted by Gasteiger charge is -2.15. The average molecular weight is 302 g/mol. The van der Waals surface area contributed by atoms with Gasteiger partial charge in [-0.15, -0.1) is 0 Å². The monoisotopic (exact) mass is 302 g/mol. The van der Waals surface area contributed by atoms with Gasteiger partial charge in [0.15, 0.2) is 0 Å². The van der Waals surface area contributed by atoms with Gasteiger partial charge in [0.2, 0.25) is 5.91 Å². The fraction of sp³-hybridized carbons (Fsp3) is 0.235. The van der Waals surface area contributed by atoms with Gasteiger partial charge in [-0.25, -0.2) is 4.39 Å². The first-order valence-corrected chi connectivity index (χ1v) is 7.10. The number of amides is 1. The third-order valence-electron chi connectivity index (χ3n) is 2.84. The van der Waals surface area contributed by atoms with Crippen LogP contribution in [-0.4, -0.2) is 18.6 Å². The maximum atomic E-state index is 13.5. The van der Waals surface area contributed by atoms with Crippen molar-refractivity contribution >= 4 is 17.3 Å². The van der Waals surface area contributed by atoms with Crippen LogP contribution in [-0.2, 0) is 4.79 Å². The van der Waals surface area contributed by atoms with Crippen molar-refractivity contribution in [3.8, 4) is 5.75 Å². The van der Waals surface area contributed by atoms with Crippen LogP contribution in [0, 0.1) is 5.82 Å². The molecule has 0 saturated carbocycles. The zero-order chi connectivity index (χ0) is 15.9. The van der Waals surface area contributed by atoms with Crippen molar-refractivity contribution in [3.05, 3.63) is 54.3 Å². The summed E-state index contributed by atoms with van der Waals surface area (Å²) in [6.07, 6.45) is 0.00888. The van der Waals surface area contributed by atoms with Gasteiger partial charge >= 0.3 is 0 Å². The molecule has 0 spiro atoms. The van der Waals surface area contributed by atoms with Gasteiger partial charge < -0.3 is 15.4 Å². The minimum atomic E-state index is -0.390. The molecule has 2 rings (SSSR count). The number of anilines is 2. The quantitative estimate of drug-likeness (QED) is 0.856. The van der Waals surface area contributed by atoms with Gasteiger partial charge in [-0.05, 0) is 38.1 Å². The topological polar surface area (TPSA) is 50.4 Å². The fourth-order valence-electron chi connectivity index (χ4n) is 1.90. The van der Waals surface area contributed by atoms with E-state index in [-0.39, 0.29) is 24.4 Å². The first-order chi connectivity index (χ1) is 10.6. The SMILES string of the molecule is CC(C)Oc1ccccc1NC(=O)CNc1ccccc1F. The molecule has 0 fully saturated rings. The smallest absolute Gasteiger partial charge is 0.243 e. The standard InChI is InChI=1S/C17H19FN2O2/c1-12(2)22-16-10-6-5-9-15(16)20-17(21)11-19-14-8-4-3-7-13(14)18/h3-10,12,19H,11H2,1-2H3,(H,20,21). The number of benzene rings is 2. The van der Waals surface area contributed by atoms with Crippen molar-refractivity contribution in [3.63, 3.8) is 0 Å². The number of hydrogen-bond donors (Lipinski definition) is 2. The van der Waals surface area contributed by atoms with Crippen molar-refractivity contribution < 1.29 is 13.9 Å². The minimum Gasteiger partial charge on any atom is -0.489 e. The molecule has 0 aromatic heterocycles. The van der Waals surface area contributed by atoms with E-state index in [4.69, 9.17) is 4.74 Å². The van der Waals surface area contributed by atoms with E-state index in [0.717, 1.165) is 0 Å². The number of ether oxygens (including phenoxy) is 1. The second-order valence-electron chi connectivity index (χ2n) is 5.04. The summed E-state index contributed by atoms with van der Waals surface area (Å²) in [7, 11) is 0. The molecule has 0 atom stereocenters. The summed E-state index contributed by atoms with van der Waals surface area (Å²) < 4.78 is 19.1. The molecule has 5 heteroatoms. The Labute approximate surface area is 129 Å². The van der Waals surface area contributed by atoms with Crippen LogP contribution < -0.4 is 15.4 Å². The maximum Gasteiger partial charge on any atom is 0.243 e. The summed E-state index contributed by atoms with van der Waals surface area (Å²) in [4.78, 5) is 12.0. The molecule has 0 heterocycles. The van der Waals surface area contributed by atoms with Crippen LogP contribution >= 0.6 is 0 Å². The minimum absolute atomic E-state index is 0.00888. The van der Waals surface area contributed by atoms with Crippen LogP contribution in [0.15, 0.2) is 48.5 Å². The summed E-state index contributed by atoms with van der Waals surface area (Å²) >= 11 is 0. The Morgan fingerprint density at radius 2 is 1.73 bits per heavy atom. The Bertz CT molecular complexity index is 644. The highest BCUT2D eigenvalue weighted by atomic mass is 19.1. The molecule has 2 aromatic rings. The van der Waals surface area contributed by atoms with Crippen molar-refractivity contribution in [1.29, 1.82) is 0 Å². The van der Waals surface area contributed by atoms with E-state index in [2.05, 4.69) is 10.6 Å². The van der Waals surface area contributed by atoms with Crippen LogP contribution in [0.1, 0.15) is 13.8 Å². The first-order valence-electron chi connectivity index (χ1n) is 7.10. The molecule has 1 amide bonds. The van der Waals surface area contributed by atoms with Crippen LogP contribution in [0.4, 0.5) is 15.8 Å². The van der Waals surface area contributed by atoms with Crippen LogP contribution in [0.3, 0.4) is 0 Å². The fourth-order valence-corrected chi connectivity index (χ4v) is 1.90. The molecule has 0 saturated heterocycles. The molecule has 22 heavy (non-hydrogen) atoms. The molecule has 116 valence electrons. The Kier molecular flexibility index (Phi) is 5.36.